The number of carbonyl (C=O) groups is 2. The molecular formula is C16H18N2O2. The maximum atomic E-state index is 12.3. The largest absolute Gasteiger partial charge is 0.326 e. The third-order valence-electron chi connectivity index (χ3n) is 4.39. The predicted molar refractivity (Wildman–Crippen MR) is 76.6 cm³/mol. The third kappa shape index (κ3) is 2.09. The SMILES string of the molecule is O=C(Nc1ccc2c(c1)N(C(=O)C1CC1)CC2)C1CC1. The van der Waals surface area contributed by atoms with Gasteiger partial charge in [0.25, 0.3) is 0 Å². The summed E-state index contributed by atoms with van der Waals surface area (Å²) in [5, 5.41) is 2.96. The first-order valence-electron chi connectivity index (χ1n) is 7.47. The maximum absolute atomic E-state index is 12.3. The molecule has 2 aliphatic carbocycles. The van der Waals surface area contributed by atoms with Crippen LogP contribution >= 0.6 is 0 Å². The molecule has 0 atom stereocenters. The van der Waals surface area contributed by atoms with E-state index in [0.717, 1.165) is 50.0 Å². The molecule has 20 heavy (non-hydrogen) atoms. The van der Waals surface area contributed by atoms with Crippen LogP contribution in [0.4, 0.5) is 11.4 Å². The fourth-order valence-electron chi connectivity index (χ4n) is 2.83. The molecule has 4 rings (SSSR count). The van der Waals surface area contributed by atoms with E-state index in [-0.39, 0.29) is 23.7 Å². The van der Waals surface area contributed by atoms with E-state index in [1.165, 1.54) is 5.56 Å². The molecule has 3 aliphatic rings. The van der Waals surface area contributed by atoms with Crippen LogP contribution in [-0.4, -0.2) is 18.4 Å². The smallest absolute Gasteiger partial charge is 0.230 e. The molecule has 1 aromatic rings. The Bertz CT molecular complexity index is 588. The van der Waals surface area contributed by atoms with Gasteiger partial charge in [0, 0.05) is 29.8 Å². The lowest BCUT2D eigenvalue weighted by Crippen LogP contribution is -2.30. The number of amides is 2. The number of rotatable bonds is 3. The van der Waals surface area contributed by atoms with Gasteiger partial charge in [0.2, 0.25) is 11.8 Å². The van der Waals surface area contributed by atoms with Gasteiger partial charge in [-0.15, -0.1) is 0 Å². The first kappa shape index (κ1) is 11.9. The van der Waals surface area contributed by atoms with E-state index < -0.39 is 0 Å². The van der Waals surface area contributed by atoms with Crippen LogP contribution in [0.15, 0.2) is 18.2 Å². The summed E-state index contributed by atoms with van der Waals surface area (Å²) in [6, 6.07) is 5.95. The molecule has 104 valence electrons. The van der Waals surface area contributed by atoms with Crippen molar-refractivity contribution in [2.75, 3.05) is 16.8 Å². The number of anilines is 2. The molecule has 0 radical (unpaired) electrons. The Labute approximate surface area is 118 Å². The summed E-state index contributed by atoms with van der Waals surface area (Å²) in [7, 11) is 0. The van der Waals surface area contributed by atoms with E-state index in [9.17, 15) is 9.59 Å². The minimum Gasteiger partial charge on any atom is -0.326 e. The second-order valence-electron chi connectivity index (χ2n) is 6.12. The van der Waals surface area contributed by atoms with Crippen molar-refractivity contribution in [2.24, 2.45) is 11.8 Å². The zero-order valence-corrected chi connectivity index (χ0v) is 11.4. The van der Waals surface area contributed by atoms with Gasteiger partial charge in [-0.3, -0.25) is 9.59 Å². The molecule has 4 nitrogen and oxygen atoms in total. The van der Waals surface area contributed by atoms with Crippen LogP contribution in [0.5, 0.6) is 0 Å². The third-order valence-corrected chi connectivity index (χ3v) is 4.39. The van der Waals surface area contributed by atoms with Crippen LogP contribution in [0.2, 0.25) is 0 Å². The molecule has 0 saturated heterocycles. The van der Waals surface area contributed by atoms with Gasteiger partial charge < -0.3 is 10.2 Å². The van der Waals surface area contributed by atoms with E-state index in [4.69, 9.17) is 0 Å². The molecule has 0 unspecified atom stereocenters. The summed E-state index contributed by atoms with van der Waals surface area (Å²) >= 11 is 0. The average molecular weight is 270 g/mol. The minimum atomic E-state index is 0.114. The molecule has 0 aromatic heterocycles. The molecule has 1 heterocycles. The summed E-state index contributed by atoms with van der Waals surface area (Å²) in [5.74, 6) is 0.815. The van der Waals surface area contributed by atoms with Crippen molar-refractivity contribution in [2.45, 2.75) is 32.1 Å². The minimum absolute atomic E-state index is 0.114. The molecule has 2 amide bonds. The molecule has 1 aliphatic heterocycles. The average Bonchev–Trinajstić information content (AvgIpc) is 3.33. The van der Waals surface area contributed by atoms with Gasteiger partial charge in [0.15, 0.2) is 0 Å². The van der Waals surface area contributed by atoms with Crippen LogP contribution in [-0.2, 0) is 16.0 Å². The number of hydrogen-bond donors (Lipinski definition) is 1. The van der Waals surface area contributed by atoms with E-state index in [2.05, 4.69) is 5.32 Å². The summed E-state index contributed by atoms with van der Waals surface area (Å²) < 4.78 is 0. The Morgan fingerprint density at radius 1 is 1.10 bits per heavy atom. The van der Waals surface area contributed by atoms with Gasteiger partial charge in [-0.05, 0) is 49.8 Å². The summed E-state index contributed by atoms with van der Waals surface area (Å²) in [4.78, 5) is 26.0. The van der Waals surface area contributed by atoms with Gasteiger partial charge in [-0.25, -0.2) is 0 Å². The quantitative estimate of drug-likeness (QED) is 0.916. The van der Waals surface area contributed by atoms with Gasteiger partial charge in [-0.1, -0.05) is 6.07 Å². The summed E-state index contributed by atoms with van der Waals surface area (Å²) in [6.07, 6.45) is 4.99. The molecule has 4 heteroatoms. The predicted octanol–water partition coefficient (Wildman–Crippen LogP) is 2.33. The first-order chi connectivity index (χ1) is 9.72. The Morgan fingerprint density at radius 2 is 1.85 bits per heavy atom. The van der Waals surface area contributed by atoms with Gasteiger partial charge >= 0.3 is 0 Å². The van der Waals surface area contributed by atoms with Gasteiger partial charge in [0.1, 0.15) is 0 Å². The number of benzene rings is 1. The van der Waals surface area contributed by atoms with E-state index in [1.807, 2.05) is 23.1 Å². The van der Waals surface area contributed by atoms with Crippen LogP contribution in [0.3, 0.4) is 0 Å². The number of hydrogen-bond acceptors (Lipinski definition) is 2. The highest BCUT2D eigenvalue weighted by Crippen LogP contribution is 2.38. The molecule has 2 saturated carbocycles. The van der Waals surface area contributed by atoms with Crippen LogP contribution in [0.1, 0.15) is 31.2 Å². The van der Waals surface area contributed by atoms with Crippen molar-refractivity contribution in [1.29, 1.82) is 0 Å². The highest BCUT2D eigenvalue weighted by Gasteiger charge is 2.36. The Kier molecular flexibility index (Phi) is 2.59. The lowest BCUT2D eigenvalue weighted by molar-refractivity contribution is -0.119. The van der Waals surface area contributed by atoms with Crippen LogP contribution in [0, 0.1) is 11.8 Å². The molecular weight excluding hydrogens is 252 g/mol. The van der Waals surface area contributed by atoms with Crippen molar-refractivity contribution in [3.8, 4) is 0 Å². The van der Waals surface area contributed by atoms with Crippen molar-refractivity contribution in [3.05, 3.63) is 23.8 Å². The standard InChI is InChI=1S/C16H18N2O2/c19-15(11-1-2-11)17-13-6-5-10-7-8-18(14(10)9-13)16(20)12-3-4-12/h5-6,9,11-12H,1-4,7-8H2,(H,17,19). The number of nitrogens with zero attached hydrogens (tertiary/aromatic N) is 1. The molecule has 1 aromatic carbocycles. The molecule has 0 bridgehead atoms. The zero-order valence-electron chi connectivity index (χ0n) is 11.4. The lowest BCUT2D eigenvalue weighted by atomic mass is 10.1. The fraction of sp³-hybridized carbons (Fsp3) is 0.500. The van der Waals surface area contributed by atoms with Gasteiger partial charge in [-0.2, -0.15) is 0 Å². The summed E-state index contributed by atoms with van der Waals surface area (Å²) in [5.41, 5.74) is 3.02. The van der Waals surface area contributed by atoms with E-state index in [1.54, 1.807) is 0 Å². The molecule has 2 fully saturated rings. The Balaban J connectivity index is 1.56. The van der Waals surface area contributed by atoms with Crippen molar-refractivity contribution >= 4 is 23.2 Å². The van der Waals surface area contributed by atoms with E-state index in [0.29, 0.717) is 0 Å². The lowest BCUT2D eigenvalue weighted by Gasteiger charge is -2.18. The number of nitrogens with one attached hydrogen (secondary N) is 1. The monoisotopic (exact) mass is 270 g/mol. The van der Waals surface area contributed by atoms with Crippen LogP contribution in [0.25, 0.3) is 0 Å². The maximum Gasteiger partial charge on any atom is 0.230 e. The fourth-order valence-corrected chi connectivity index (χ4v) is 2.83. The second-order valence-corrected chi connectivity index (χ2v) is 6.12. The van der Waals surface area contributed by atoms with E-state index >= 15 is 0 Å². The number of fused-ring (bicyclic) bond motifs is 1. The highest BCUT2D eigenvalue weighted by atomic mass is 16.2. The normalized spacial score (nSPS) is 20.7. The van der Waals surface area contributed by atoms with Crippen LogP contribution < -0.4 is 10.2 Å². The Hall–Kier alpha value is -1.84. The molecule has 1 N–H and O–H groups in total. The van der Waals surface area contributed by atoms with Crippen molar-refractivity contribution in [1.82, 2.24) is 0 Å². The second kappa shape index (κ2) is 4.33. The van der Waals surface area contributed by atoms with Crippen molar-refractivity contribution in [3.63, 3.8) is 0 Å². The number of carbonyl (C=O) groups excluding carboxylic acids is 2. The molecule has 0 spiro atoms. The highest BCUT2D eigenvalue weighted by molar-refractivity contribution is 6.00. The summed E-state index contributed by atoms with van der Waals surface area (Å²) in [6.45, 7) is 0.782. The van der Waals surface area contributed by atoms with Crippen molar-refractivity contribution < 1.29 is 9.59 Å². The van der Waals surface area contributed by atoms with Gasteiger partial charge in [0.05, 0.1) is 0 Å². The Morgan fingerprint density at radius 3 is 2.55 bits per heavy atom. The zero-order chi connectivity index (χ0) is 13.7. The topological polar surface area (TPSA) is 49.4 Å². The first-order valence-corrected chi connectivity index (χ1v) is 7.47.